The molecule has 284 valence electrons. The Morgan fingerprint density at radius 2 is 1.31 bits per heavy atom. The molecule has 1 aromatic heterocycles. The van der Waals surface area contributed by atoms with Crippen molar-refractivity contribution in [3.63, 3.8) is 0 Å². The van der Waals surface area contributed by atoms with Crippen LogP contribution in [0.15, 0.2) is 207 Å². The van der Waals surface area contributed by atoms with Gasteiger partial charge in [-0.05, 0) is 130 Å². The Hall–Kier alpha value is -7.42. The number of hydrogen-bond acceptors (Lipinski definition) is 1. The molecule has 0 atom stereocenters. The number of anilines is 3. The predicted octanol–water partition coefficient (Wildman–Crippen LogP) is 15.6. The molecule has 0 saturated carbocycles. The monoisotopic (exact) mass is 758 g/mol. The number of benzene rings is 8. The van der Waals surface area contributed by atoms with Crippen LogP contribution in [0.25, 0.3) is 56.0 Å². The molecule has 0 fully saturated rings. The maximum atomic E-state index is 4.47. The Kier molecular flexibility index (Phi) is 10.2. The summed E-state index contributed by atoms with van der Waals surface area (Å²) in [5.41, 5.74) is 16.2. The van der Waals surface area contributed by atoms with Gasteiger partial charge in [0.25, 0.3) is 0 Å². The number of rotatable bonds is 11. The zero-order chi connectivity index (χ0) is 40.3. The van der Waals surface area contributed by atoms with Crippen LogP contribution in [0, 0.1) is 6.92 Å². The Bertz CT molecular complexity index is 3070. The van der Waals surface area contributed by atoms with Crippen molar-refractivity contribution in [3.05, 3.63) is 246 Å². The standard InChI is InChI=1S/C57H46N2/c1-5-7-9-28-51-41(4)56(39-45-22-13-15-29-52(45)51)59-54-31-17-16-30-53(54)57-46(23-19-32-55(57)59)37-42-20-18-26-49(38-42)58(47-24-10-8-11-25-47)48-35-33-44(34-36-48)40(3)50-27-14-12-21-43(50)6-2/h5-36,38-39H,2-3,37H2,1,4H3/b7-5-,28-9-. The van der Waals surface area contributed by atoms with E-state index >= 15 is 0 Å². The molecule has 0 unspecified atom stereocenters. The van der Waals surface area contributed by atoms with Crippen molar-refractivity contribution in [2.45, 2.75) is 20.3 Å². The second-order valence-electron chi connectivity index (χ2n) is 15.0. The molecular formula is C57H46N2. The first-order chi connectivity index (χ1) is 29.0. The Balaban J connectivity index is 1.12. The molecule has 2 heteroatoms. The van der Waals surface area contributed by atoms with E-state index in [4.69, 9.17) is 0 Å². The maximum absolute atomic E-state index is 4.47. The average Bonchev–Trinajstić information content (AvgIpc) is 3.62. The molecule has 9 rings (SSSR count). The third-order valence-electron chi connectivity index (χ3n) is 11.5. The summed E-state index contributed by atoms with van der Waals surface area (Å²) in [4.78, 5) is 2.34. The molecule has 0 saturated heterocycles. The topological polar surface area (TPSA) is 8.17 Å². The summed E-state index contributed by atoms with van der Waals surface area (Å²) in [6.07, 6.45) is 11.2. The van der Waals surface area contributed by atoms with Gasteiger partial charge in [0.05, 0.1) is 16.7 Å². The van der Waals surface area contributed by atoms with Crippen LogP contribution in [0.5, 0.6) is 0 Å². The van der Waals surface area contributed by atoms with Crippen molar-refractivity contribution in [1.29, 1.82) is 0 Å². The van der Waals surface area contributed by atoms with E-state index in [0.29, 0.717) is 0 Å². The van der Waals surface area contributed by atoms with Crippen LogP contribution in [0.4, 0.5) is 17.1 Å². The first-order valence-corrected chi connectivity index (χ1v) is 20.3. The normalized spacial score (nSPS) is 11.6. The lowest BCUT2D eigenvalue weighted by molar-refractivity contribution is 1.15. The van der Waals surface area contributed by atoms with Crippen molar-refractivity contribution in [2.24, 2.45) is 0 Å². The van der Waals surface area contributed by atoms with Gasteiger partial charge < -0.3 is 9.47 Å². The molecule has 1 heterocycles. The third kappa shape index (κ3) is 7.00. The summed E-state index contributed by atoms with van der Waals surface area (Å²) in [5, 5.41) is 5.04. The van der Waals surface area contributed by atoms with Crippen LogP contribution in [-0.2, 0) is 6.42 Å². The Morgan fingerprint density at radius 1 is 0.627 bits per heavy atom. The van der Waals surface area contributed by atoms with Crippen LogP contribution >= 0.6 is 0 Å². The zero-order valence-corrected chi connectivity index (χ0v) is 33.6. The van der Waals surface area contributed by atoms with Gasteiger partial charge in [-0.15, -0.1) is 0 Å². The Labute approximate surface area is 347 Å². The van der Waals surface area contributed by atoms with Gasteiger partial charge in [0, 0.05) is 27.8 Å². The van der Waals surface area contributed by atoms with E-state index < -0.39 is 0 Å². The van der Waals surface area contributed by atoms with Crippen LogP contribution in [-0.4, -0.2) is 4.57 Å². The maximum Gasteiger partial charge on any atom is 0.0544 e. The van der Waals surface area contributed by atoms with E-state index in [2.05, 4.69) is 231 Å². The van der Waals surface area contributed by atoms with E-state index in [1.807, 2.05) is 12.1 Å². The molecule has 0 amide bonds. The molecule has 0 aliphatic carbocycles. The molecule has 0 spiro atoms. The largest absolute Gasteiger partial charge is 0.310 e. The summed E-state index contributed by atoms with van der Waals surface area (Å²) < 4.78 is 2.48. The van der Waals surface area contributed by atoms with Crippen LogP contribution in [0.3, 0.4) is 0 Å². The lowest BCUT2D eigenvalue weighted by atomic mass is 9.95. The summed E-state index contributed by atoms with van der Waals surface area (Å²) in [5.74, 6) is 0. The number of para-hydroxylation sites is 2. The average molecular weight is 759 g/mol. The van der Waals surface area contributed by atoms with Crippen molar-refractivity contribution >= 4 is 67.4 Å². The number of hydrogen-bond donors (Lipinski definition) is 0. The summed E-state index contributed by atoms with van der Waals surface area (Å²) >= 11 is 0. The minimum absolute atomic E-state index is 0.789. The SMILES string of the molecule is C=Cc1ccccc1C(=C)c1ccc(N(c2ccccc2)c2cccc(Cc3cccc4c3c3ccccc3n4-c3cc4ccccc4c(/C=C\C=C/C)c3C)c2)cc1. The van der Waals surface area contributed by atoms with Gasteiger partial charge in [0.2, 0.25) is 0 Å². The number of fused-ring (bicyclic) bond motifs is 4. The van der Waals surface area contributed by atoms with Crippen LogP contribution < -0.4 is 4.90 Å². The van der Waals surface area contributed by atoms with E-state index in [1.165, 1.54) is 60.5 Å². The minimum atomic E-state index is 0.789. The highest BCUT2D eigenvalue weighted by Gasteiger charge is 2.19. The molecule has 8 aromatic carbocycles. The first kappa shape index (κ1) is 37.2. The molecule has 0 bridgehead atoms. The highest BCUT2D eigenvalue weighted by atomic mass is 15.1. The lowest BCUT2D eigenvalue weighted by Crippen LogP contribution is -2.10. The van der Waals surface area contributed by atoms with Gasteiger partial charge in [-0.1, -0.05) is 165 Å². The van der Waals surface area contributed by atoms with Gasteiger partial charge in [-0.3, -0.25) is 0 Å². The second kappa shape index (κ2) is 16.2. The van der Waals surface area contributed by atoms with Crippen molar-refractivity contribution in [3.8, 4) is 5.69 Å². The van der Waals surface area contributed by atoms with Crippen LogP contribution in [0.2, 0.25) is 0 Å². The quantitative estimate of drug-likeness (QED) is 0.119. The molecule has 59 heavy (non-hydrogen) atoms. The molecule has 9 aromatic rings. The number of nitrogens with zero attached hydrogens (tertiary/aromatic N) is 2. The molecular weight excluding hydrogens is 713 g/mol. The third-order valence-corrected chi connectivity index (χ3v) is 11.5. The van der Waals surface area contributed by atoms with Gasteiger partial charge in [-0.2, -0.15) is 0 Å². The summed E-state index contributed by atoms with van der Waals surface area (Å²) in [6.45, 7) is 12.8. The van der Waals surface area contributed by atoms with E-state index in [0.717, 1.165) is 45.7 Å². The molecule has 0 aliphatic rings. The first-order valence-electron chi connectivity index (χ1n) is 20.3. The van der Waals surface area contributed by atoms with Gasteiger partial charge in [-0.25, -0.2) is 0 Å². The number of aromatic nitrogens is 1. The zero-order valence-electron chi connectivity index (χ0n) is 33.6. The fourth-order valence-electron chi connectivity index (χ4n) is 8.64. The highest BCUT2D eigenvalue weighted by molar-refractivity contribution is 6.11. The molecule has 0 N–H and O–H groups in total. The smallest absolute Gasteiger partial charge is 0.0544 e. The number of allylic oxidation sites excluding steroid dienone is 3. The second-order valence-corrected chi connectivity index (χ2v) is 15.0. The molecule has 0 radical (unpaired) electrons. The van der Waals surface area contributed by atoms with Crippen molar-refractivity contribution in [2.75, 3.05) is 4.90 Å². The molecule has 2 nitrogen and oxygen atoms in total. The highest BCUT2D eigenvalue weighted by Crippen LogP contribution is 2.40. The summed E-state index contributed by atoms with van der Waals surface area (Å²) in [6, 6.07) is 63.4. The van der Waals surface area contributed by atoms with Crippen molar-refractivity contribution < 1.29 is 0 Å². The van der Waals surface area contributed by atoms with E-state index in [1.54, 1.807) is 0 Å². The molecule has 0 aliphatic heterocycles. The van der Waals surface area contributed by atoms with Crippen molar-refractivity contribution in [1.82, 2.24) is 4.57 Å². The van der Waals surface area contributed by atoms with Crippen LogP contribution in [0.1, 0.15) is 45.9 Å². The fourth-order valence-corrected chi connectivity index (χ4v) is 8.64. The van der Waals surface area contributed by atoms with Gasteiger partial charge >= 0.3 is 0 Å². The minimum Gasteiger partial charge on any atom is -0.310 e. The predicted molar refractivity (Wildman–Crippen MR) is 255 cm³/mol. The fraction of sp³-hybridized carbons (Fsp3) is 0.0526. The van der Waals surface area contributed by atoms with E-state index in [-0.39, 0.29) is 0 Å². The lowest BCUT2D eigenvalue weighted by Gasteiger charge is -2.26. The van der Waals surface area contributed by atoms with Gasteiger partial charge in [0.15, 0.2) is 0 Å². The summed E-state index contributed by atoms with van der Waals surface area (Å²) in [7, 11) is 0. The Morgan fingerprint density at radius 3 is 2.12 bits per heavy atom. The van der Waals surface area contributed by atoms with Gasteiger partial charge in [0.1, 0.15) is 0 Å². The van der Waals surface area contributed by atoms with E-state index in [9.17, 15) is 0 Å².